The average Bonchev–Trinajstić information content (AvgIpc) is 2.80. The van der Waals surface area contributed by atoms with Crippen LogP contribution in [0, 0.1) is 5.82 Å². The van der Waals surface area contributed by atoms with E-state index in [2.05, 4.69) is 0 Å². The number of nitrogens with two attached hydrogens (primary N) is 1. The van der Waals surface area contributed by atoms with Crippen LogP contribution in [0.3, 0.4) is 0 Å². The van der Waals surface area contributed by atoms with Gasteiger partial charge in [-0.1, -0.05) is 0 Å². The number of sulfonamides is 1. The van der Waals surface area contributed by atoms with Gasteiger partial charge in [0.2, 0.25) is 15.8 Å². The van der Waals surface area contributed by atoms with Crippen LogP contribution in [0.5, 0.6) is 0 Å². The second kappa shape index (κ2) is 9.25. The molecule has 12 nitrogen and oxygen atoms in total. The Balaban J connectivity index is 1.82. The predicted molar refractivity (Wildman–Crippen MR) is 112 cm³/mol. The van der Waals surface area contributed by atoms with Crippen LogP contribution in [0.4, 0.5) is 10.2 Å². The second-order valence-corrected chi connectivity index (χ2v) is 9.03. The number of nitrogen functional groups attached to an aromatic ring is 1. The highest BCUT2D eigenvalue weighted by molar-refractivity contribution is 7.89. The lowest BCUT2D eigenvalue weighted by Gasteiger charge is -2.26. The van der Waals surface area contributed by atoms with E-state index in [9.17, 15) is 32.0 Å². The van der Waals surface area contributed by atoms with Gasteiger partial charge < -0.3 is 15.2 Å². The molecule has 0 spiro atoms. The van der Waals surface area contributed by atoms with Crippen molar-refractivity contribution < 1.29 is 31.9 Å². The molecule has 0 unspecified atom stereocenters. The van der Waals surface area contributed by atoms with Gasteiger partial charge in [0.25, 0.3) is 5.56 Å². The monoisotopic (exact) mass is 484 g/mol. The number of hydrogen-bond donors (Lipinski definition) is 1. The van der Waals surface area contributed by atoms with Crippen LogP contribution < -0.4 is 17.0 Å². The number of Topliss-reactive ketones (excluding diaryl/α,β-unsaturated/α-hetero) is 1. The Morgan fingerprint density at radius 1 is 1.15 bits per heavy atom. The van der Waals surface area contributed by atoms with Gasteiger partial charge in [0.1, 0.15) is 22.1 Å². The summed E-state index contributed by atoms with van der Waals surface area (Å²) in [7, 11) is -1.82. The van der Waals surface area contributed by atoms with Crippen LogP contribution >= 0.6 is 0 Å². The molecule has 1 aromatic carbocycles. The molecule has 1 aliphatic heterocycles. The van der Waals surface area contributed by atoms with Gasteiger partial charge in [0.05, 0.1) is 18.8 Å². The fourth-order valence-corrected chi connectivity index (χ4v) is 4.66. The normalized spacial score (nSPS) is 14.8. The standard InChI is InChI=1S/C19H21FN4O8S/c1-22-16(21)15(17(26)23(2)19(22)28)13(25)10-32-18(27)11-3-4-12(20)14(9-11)33(29,30)24-5-7-31-8-6-24/h3-4,9H,5-8,10,21H2,1-2H3. The van der Waals surface area contributed by atoms with Gasteiger partial charge in [-0.15, -0.1) is 0 Å². The first kappa shape index (κ1) is 24.3. The maximum atomic E-state index is 14.3. The third-order valence-corrected chi connectivity index (χ3v) is 6.99. The smallest absolute Gasteiger partial charge is 0.338 e. The molecule has 1 saturated heterocycles. The maximum Gasteiger partial charge on any atom is 0.338 e. The lowest BCUT2D eigenvalue weighted by molar-refractivity contribution is 0.0473. The number of aromatic nitrogens is 2. The molecule has 1 fully saturated rings. The highest BCUT2D eigenvalue weighted by atomic mass is 32.2. The van der Waals surface area contributed by atoms with E-state index in [0.717, 1.165) is 34.1 Å². The molecule has 0 radical (unpaired) electrons. The van der Waals surface area contributed by atoms with E-state index >= 15 is 0 Å². The zero-order valence-corrected chi connectivity index (χ0v) is 18.6. The van der Waals surface area contributed by atoms with Gasteiger partial charge in [-0.3, -0.25) is 18.7 Å². The van der Waals surface area contributed by atoms with Crippen molar-refractivity contribution in [3.63, 3.8) is 0 Å². The summed E-state index contributed by atoms with van der Waals surface area (Å²) in [6.07, 6.45) is 0. The largest absolute Gasteiger partial charge is 0.454 e. The molecule has 0 aliphatic carbocycles. The van der Waals surface area contributed by atoms with Crippen molar-refractivity contribution in [3.8, 4) is 0 Å². The molecule has 1 aromatic heterocycles. The Morgan fingerprint density at radius 3 is 2.42 bits per heavy atom. The number of carbonyl (C=O) groups is 2. The highest BCUT2D eigenvalue weighted by Crippen LogP contribution is 2.22. The Labute approximate surface area is 187 Å². The Kier molecular flexibility index (Phi) is 6.81. The quantitative estimate of drug-likeness (QED) is 0.395. The molecular formula is C19H21FN4O8S. The number of esters is 1. The SMILES string of the molecule is Cn1c(N)c(C(=O)COC(=O)c2ccc(F)c(S(=O)(=O)N3CCOCC3)c2)c(=O)n(C)c1=O. The lowest BCUT2D eigenvalue weighted by Crippen LogP contribution is -2.42. The van der Waals surface area contributed by atoms with E-state index in [-0.39, 0.29) is 31.9 Å². The number of ketones is 1. The molecule has 3 rings (SSSR count). The maximum absolute atomic E-state index is 14.3. The first-order valence-corrected chi connectivity index (χ1v) is 11.0. The number of hydrogen-bond acceptors (Lipinski definition) is 9. The summed E-state index contributed by atoms with van der Waals surface area (Å²) in [5.74, 6) is -3.55. The van der Waals surface area contributed by atoms with Gasteiger partial charge in [0, 0.05) is 27.2 Å². The molecule has 33 heavy (non-hydrogen) atoms. The van der Waals surface area contributed by atoms with Crippen LogP contribution in [0.25, 0.3) is 0 Å². The zero-order valence-electron chi connectivity index (χ0n) is 17.7. The van der Waals surface area contributed by atoms with E-state index < -0.39 is 61.7 Å². The van der Waals surface area contributed by atoms with E-state index in [4.69, 9.17) is 15.2 Å². The molecule has 178 valence electrons. The first-order valence-electron chi connectivity index (χ1n) is 9.60. The molecule has 2 aromatic rings. The van der Waals surface area contributed by atoms with Crippen LogP contribution in [0.1, 0.15) is 20.7 Å². The number of rotatable bonds is 6. The minimum Gasteiger partial charge on any atom is -0.454 e. The van der Waals surface area contributed by atoms with Crippen molar-refractivity contribution in [2.24, 2.45) is 14.1 Å². The molecule has 2 heterocycles. The molecule has 0 atom stereocenters. The van der Waals surface area contributed by atoms with Gasteiger partial charge >= 0.3 is 11.7 Å². The van der Waals surface area contributed by atoms with Crippen molar-refractivity contribution in [1.82, 2.24) is 13.4 Å². The number of halogens is 1. The third-order valence-electron chi connectivity index (χ3n) is 5.08. The Hall–Kier alpha value is -3.36. The van der Waals surface area contributed by atoms with Gasteiger partial charge in [0.15, 0.2) is 6.61 Å². The highest BCUT2D eigenvalue weighted by Gasteiger charge is 2.30. The summed E-state index contributed by atoms with van der Waals surface area (Å²) in [4.78, 5) is 48.3. The second-order valence-electron chi connectivity index (χ2n) is 7.13. The van der Waals surface area contributed by atoms with Gasteiger partial charge in [-0.2, -0.15) is 4.31 Å². The Bertz CT molecular complexity index is 1340. The summed E-state index contributed by atoms with van der Waals surface area (Å²) in [6, 6.07) is 2.61. The zero-order chi connectivity index (χ0) is 24.5. The third kappa shape index (κ3) is 4.58. The molecule has 0 amide bonds. The number of ether oxygens (including phenoxy) is 2. The number of nitrogens with zero attached hydrogens (tertiary/aromatic N) is 3. The summed E-state index contributed by atoms with van der Waals surface area (Å²) < 4.78 is 52.4. The minimum atomic E-state index is -4.24. The van der Waals surface area contributed by atoms with Crippen molar-refractivity contribution in [2.75, 3.05) is 38.6 Å². The van der Waals surface area contributed by atoms with Crippen molar-refractivity contribution >= 4 is 27.6 Å². The molecular weight excluding hydrogens is 463 g/mol. The van der Waals surface area contributed by atoms with Gasteiger partial charge in [-0.25, -0.2) is 22.4 Å². The summed E-state index contributed by atoms with van der Waals surface area (Å²) in [6.45, 7) is -0.558. The summed E-state index contributed by atoms with van der Waals surface area (Å²) in [5, 5.41) is 0. The van der Waals surface area contributed by atoms with Crippen molar-refractivity contribution in [3.05, 3.63) is 56.0 Å². The predicted octanol–water partition coefficient (Wildman–Crippen LogP) is -1.13. The van der Waals surface area contributed by atoms with E-state index in [0.29, 0.717) is 4.57 Å². The lowest BCUT2D eigenvalue weighted by atomic mass is 10.2. The van der Waals surface area contributed by atoms with Crippen LogP contribution in [0.15, 0.2) is 32.7 Å². The molecule has 0 saturated carbocycles. The Morgan fingerprint density at radius 2 is 1.79 bits per heavy atom. The van der Waals surface area contributed by atoms with E-state index in [1.165, 1.54) is 7.05 Å². The van der Waals surface area contributed by atoms with Crippen LogP contribution in [-0.4, -0.2) is 66.5 Å². The first-order chi connectivity index (χ1) is 15.5. The van der Waals surface area contributed by atoms with Gasteiger partial charge in [-0.05, 0) is 18.2 Å². The number of carbonyl (C=O) groups excluding carboxylic acids is 2. The fourth-order valence-electron chi connectivity index (χ4n) is 3.16. The van der Waals surface area contributed by atoms with E-state index in [1.54, 1.807) is 0 Å². The molecule has 1 aliphatic rings. The van der Waals surface area contributed by atoms with Crippen molar-refractivity contribution in [2.45, 2.75) is 4.90 Å². The summed E-state index contributed by atoms with van der Waals surface area (Å²) >= 11 is 0. The average molecular weight is 484 g/mol. The molecule has 2 N–H and O–H groups in total. The number of morpholine rings is 1. The summed E-state index contributed by atoms with van der Waals surface area (Å²) in [5.41, 5.74) is 3.13. The molecule has 0 bridgehead atoms. The number of anilines is 1. The minimum absolute atomic E-state index is 0.0287. The van der Waals surface area contributed by atoms with E-state index in [1.807, 2.05) is 0 Å². The van der Waals surface area contributed by atoms with Crippen LogP contribution in [-0.2, 0) is 33.6 Å². The number of benzene rings is 1. The topological polar surface area (TPSA) is 160 Å². The molecule has 14 heteroatoms. The van der Waals surface area contributed by atoms with Crippen molar-refractivity contribution in [1.29, 1.82) is 0 Å². The van der Waals surface area contributed by atoms with Crippen LogP contribution in [0.2, 0.25) is 0 Å². The fraction of sp³-hybridized carbons (Fsp3) is 0.368.